The molecule has 0 heterocycles. The number of nitrogens with one attached hydrogen (secondary N) is 1. The summed E-state index contributed by atoms with van der Waals surface area (Å²) in [4.78, 5) is 10.2. The molecule has 0 atom stereocenters. The second-order valence-electron chi connectivity index (χ2n) is 6.97. The SMILES string of the molecule is CC(C)(C)c1ccc(OCCNS(=O)(=O)c2cc(C(=O)O)ccc2F)cc1. The summed E-state index contributed by atoms with van der Waals surface area (Å²) in [5.41, 5.74) is 0.847. The number of rotatable bonds is 7. The van der Waals surface area contributed by atoms with Crippen LogP contribution < -0.4 is 9.46 Å². The number of sulfonamides is 1. The molecule has 2 aromatic carbocycles. The van der Waals surface area contributed by atoms with Crippen molar-refractivity contribution in [3.8, 4) is 5.75 Å². The van der Waals surface area contributed by atoms with E-state index < -0.39 is 26.7 Å². The lowest BCUT2D eigenvalue weighted by atomic mass is 9.87. The van der Waals surface area contributed by atoms with Gasteiger partial charge >= 0.3 is 5.97 Å². The van der Waals surface area contributed by atoms with Crippen molar-refractivity contribution in [3.05, 3.63) is 59.4 Å². The van der Waals surface area contributed by atoms with Crippen LogP contribution in [0.4, 0.5) is 4.39 Å². The number of carbonyl (C=O) groups is 1. The molecule has 0 aliphatic carbocycles. The first-order chi connectivity index (χ1) is 12.5. The topological polar surface area (TPSA) is 92.7 Å². The Kier molecular flexibility index (Phi) is 6.22. The van der Waals surface area contributed by atoms with Crippen molar-refractivity contribution < 1.29 is 27.4 Å². The molecule has 2 aromatic rings. The lowest BCUT2D eigenvalue weighted by Crippen LogP contribution is -2.29. The Bertz CT molecular complexity index is 918. The van der Waals surface area contributed by atoms with Crippen LogP contribution in [0, 0.1) is 5.82 Å². The summed E-state index contributed by atoms with van der Waals surface area (Å²) >= 11 is 0. The average molecular weight is 395 g/mol. The van der Waals surface area contributed by atoms with Gasteiger partial charge in [0.25, 0.3) is 0 Å². The maximum atomic E-state index is 13.8. The number of halogens is 1. The number of aromatic carboxylic acids is 1. The monoisotopic (exact) mass is 395 g/mol. The number of hydrogen-bond acceptors (Lipinski definition) is 4. The van der Waals surface area contributed by atoms with Gasteiger partial charge in [-0.15, -0.1) is 0 Å². The highest BCUT2D eigenvalue weighted by atomic mass is 32.2. The van der Waals surface area contributed by atoms with Crippen LogP contribution in [0.2, 0.25) is 0 Å². The highest BCUT2D eigenvalue weighted by Gasteiger charge is 2.21. The third kappa shape index (κ3) is 5.51. The van der Waals surface area contributed by atoms with Crippen molar-refractivity contribution in [2.24, 2.45) is 0 Å². The van der Waals surface area contributed by atoms with Gasteiger partial charge in [-0.1, -0.05) is 32.9 Å². The Morgan fingerprint density at radius 3 is 2.33 bits per heavy atom. The smallest absolute Gasteiger partial charge is 0.335 e. The van der Waals surface area contributed by atoms with Crippen LogP contribution in [0.5, 0.6) is 5.75 Å². The summed E-state index contributed by atoms with van der Waals surface area (Å²) < 4.78 is 45.9. The minimum absolute atomic E-state index is 0.0166. The van der Waals surface area contributed by atoms with Crippen LogP contribution in [0.25, 0.3) is 0 Å². The average Bonchev–Trinajstić information content (AvgIpc) is 2.58. The number of benzene rings is 2. The Hall–Kier alpha value is -2.45. The predicted molar refractivity (Wildman–Crippen MR) is 99.2 cm³/mol. The van der Waals surface area contributed by atoms with Gasteiger partial charge in [0.1, 0.15) is 23.1 Å². The van der Waals surface area contributed by atoms with Crippen LogP contribution in [0.1, 0.15) is 36.7 Å². The standard InChI is InChI=1S/C19H22FNO5S/c1-19(2,3)14-5-7-15(8-6-14)26-11-10-21-27(24,25)17-12-13(18(22)23)4-9-16(17)20/h4-9,12,21H,10-11H2,1-3H3,(H,22,23). The van der Waals surface area contributed by atoms with Gasteiger partial charge in [-0.2, -0.15) is 0 Å². The first-order valence-electron chi connectivity index (χ1n) is 8.26. The zero-order chi connectivity index (χ0) is 20.2. The van der Waals surface area contributed by atoms with Crippen molar-refractivity contribution in [2.45, 2.75) is 31.1 Å². The molecule has 0 unspecified atom stereocenters. The van der Waals surface area contributed by atoms with E-state index in [9.17, 15) is 17.6 Å². The van der Waals surface area contributed by atoms with E-state index in [1.54, 1.807) is 12.1 Å². The van der Waals surface area contributed by atoms with Gasteiger partial charge in [-0.05, 0) is 41.3 Å². The van der Waals surface area contributed by atoms with Gasteiger partial charge in [-0.3, -0.25) is 0 Å². The lowest BCUT2D eigenvalue weighted by Gasteiger charge is -2.19. The molecule has 0 saturated heterocycles. The first kappa shape index (κ1) is 20.9. The molecule has 0 aliphatic heterocycles. The Balaban J connectivity index is 1.96. The number of carboxylic acid groups (broad SMARTS) is 1. The lowest BCUT2D eigenvalue weighted by molar-refractivity contribution is 0.0696. The van der Waals surface area contributed by atoms with Crippen LogP contribution in [-0.2, 0) is 15.4 Å². The maximum Gasteiger partial charge on any atom is 0.335 e. The molecule has 0 amide bonds. The normalized spacial score (nSPS) is 12.0. The van der Waals surface area contributed by atoms with Gasteiger partial charge < -0.3 is 9.84 Å². The minimum atomic E-state index is -4.20. The van der Waals surface area contributed by atoms with Crippen LogP contribution in [-0.4, -0.2) is 32.6 Å². The summed E-state index contributed by atoms with van der Waals surface area (Å²) in [6, 6.07) is 10.1. The van der Waals surface area contributed by atoms with E-state index in [2.05, 4.69) is 25.5 Å². The number of ether oxygens (including phenoxy) is 1. The van der Waals surface area contributed by atoms with Crippen LogP contribution in [0.3, 0.4) is 0 Å². The predicted octanol–water partition coefficient (Wildman–Crippen LogP) is 3.18. The quantitative estimate of drug-likeness (QED) is 0.703. The van der Waals surface area contributed by atoms with E-state index in [1.807, 2.05) is 12.1 Å². The van der Waals surface area contributed by atoms with Crippen molar-refractivity contribution in [1.29, 1.82) is 0 Å². The molecule has 2 N–H and O–H groups in total. The first-order valence-corrected chi connectivity index (χ1v) is 9.75. The largest absolute Gasteiger partial charge is 0.492 e. The van der Waals surface area contributed by atoms with E-state index in [0.717, 1.165) is 23.8 Å². The summed E-state index contributed by atoms with van der Waals surface area (Å²) in [6.45, 7) is 6.22. The van der Waals surface area contributed by atoms with Gasteiger partial charge in [0.15, 0.2) is 0 Å². The second kappa shape index (κ2) is 8.06. The number of hydrogen-bond donors (Lipinski definition) is 2. The van der Waals surface area contributed by atoms with E-state index in [-0.39, 0.29) is 24.1 Å². The van der Waals surface area contributed by atoms with Crippen molar-refractivity contribution >= 4 is 16.0 Å². The van der Waals surface area contributed by atoms with E-state index in [1.165, 1.54) is 0 Å². The second-order valence-corrected chi connectivity index (χ2v) is 8.71. The summed E-state index contributed by atoms with van der Waals surface area (Å²) in [5.74, 6) is -1.78. The van der Waals surface area contributed by atoms with Crippen LogP contribution >= 0.6 is 0 Å². The van der Waals surface area contributed by atoms with Gasteiger partial charge in [0.05, 0.1) is 5.56 Å². The summed E-state index contributed by atoms with van der Waals surface area (Å²) in [5, 5.41) is 8.92. The van der Waals surface area contributed by atoms with E-state index in [0.29, 0.717) is 5.75 Å². The summed E-state index contributed by atoms with van der Waals surface area (Å²) in [6.07, 6.45) is 0. The van der Waals surface area contributed by atoms with Gasteiger partial charge in [0, 0.05) is 6.54 Å². The molecule has 146 valence electrons. The molecule has 6 nitrogen and oxygen atoms in total. The van der Waals surface area contributed by atoms with Crippen LogP contribution in [0.15, 0.2) is 47.4 Å². The molecule has 0 fully saturated rings. The molecule has 8 heteroatoms. The minimum Gasteiger partial charge on any atom is -0.492 e. The summed E-state index contributed by atoms with van der Waals surface area (Å²) in [7, 11) is -4.20. The zero-order valence-electron chi connectivity index (χ0n) is 15.3. The molecule has 0 saturated carbocycles. The van der Waals surface area contributed by atoms with Crippen molar-refractivity contribution in [1.82, 2.24) is 4.72 Å². The highest BCUT2D eigenvalue weighted by molar-refractivity contribution is 7.89. The molecule has 0 aliphatic rings. The Morgan fingerprint density at radius 2 is 1.78 bits per heavy atom. The molecule has 2 rings (SSSR count). The van der Waals surface area contributed by atoms with Gasteiger partial charge in [-0.25, -0.2) is 22.3 Å². The molecule has 27 heavy (non-hydrogen) atoms. The maximum absolute atomic E-state index is 13.8. The fraction of sp³-hybridized carbons (Fsp3) is 0.316. The third-order valence-corrected chi connectivity index (χ3v) is 5.33. The highest BCUT2D eigenvalue weighted by Crippen LogP contribution is 2.24. The fourth-order valence-electron chi connectivity index (χ4n) is 2.32. The molecular weight excluding hydrogens is 373 g/mol. The molecule has 0 spiro atoms. The van der Waals surface area contributed by atoms with E-state index in [4.69, 9.17) is 9.84 Å². The Labute approximate surface area is 158 Å². The zero-order valence-corrected chi connectivity index (χ0v) is 16.1. The number of carboxylic acids is 1. The third-order valence-electron chi connectivity index (χ3n) is 3.85. The van der Waals surface area contributed by atoms with Gasteiger partial charge in [0.2, 0.25) is 10.0 Å². The van der Waals surface area contributed by atoms with Crippen molar-refractivity contribution in [3.63, 3.8) is 0 Å². The van der Waals surface area contributed by atoms with Crippen molar-refractivity contribution in [2.75, 3.05) is 13.2 Å². The molecule has 0 bridgehead atoms. The molecule has 0 radical (unpaired) electrons. The molecular formula is C19H22FNO5S. The Morgan fingerprint density at radius 1 is 1.15 bits per heavy atom. The molecule has 0 aromatic heterocycles. The van der Waals surface area contributed by atoms with E-state index >= 15 is 0 Å². The fourth-order valence-corrected chi connectivity index (χ4v) is 3.43.